The van der Waals surface area contributed by atoms with E-state index in [4.69, 9.17) is 23.2 Å². The molecule has 1 aromatic carbocycles. The molecule has 1 saturated heterocycles. The Labute approximate surface area is 202 Å². The van der Waals surface area contributed by atoms with Crippen LogP contribution in [0.15, 0.2) is 60.1 Å². The van der Waals surface area contributed by atoms with Gasteiger partial charge in [0.25, 0.3) is 15.9 Å². The van der Waals surface area contributed by atoms with E-state index in [1.165, 1.54) is 22.9 Å². The molecule has 1 amide bonds. The Bertz CT molecular complexity index is 1240. The first-order chi connectivity index (χ1) is 15.8. The second kappa shape index (κ2) is 9.80. The van der Waals surface area contributed by atoms with Crippen LogP contribution < -0.4 is 5.32 Å². The van der Waals surface area contributed by atoms with Gasteiger partial charge in [-0.15, -0.1) is 0 Å². The van der Waals surface area contributed by atoms with Crippen molar-refractivity contribution in [1.29, 1.82) is 0 Å². The lowest BCUT2D eigenvalue weighted by Crippen LogP contribution is -2.43. The average Bonchev–Trinajstić information content (AvgIpc) is 3.25. The number of hydrogen-bond donors (Lipinski definition) is 1. The summed E-state index contributed by atoms with van der Waals surface area (Å²) in [5.74, 6) is -0.346. The van der Waals surface area contributed by atoms with Crippen molar-refractivity contribution in [2.45, 2.75) is 23.9 Å². The molecule has 2 aromatic heterocycles. The predicted molar refractivity (Wildman–Crippen MR) is 126 cm³/mol. The number of carbonyl (C=O) groups excluding carboxylic acids is 1. The molecule has 3 aromatic rings. The normalized spacial score (nSPS) is 16.5. The number of carbonyl (C=O) groups is 1. The van der Waals surface area contributed by atoms with Crippen molar-refractivity contribution in [1.82, 2.24) is 24.2 Å². The Morgan fingerprint density at radius 1 is 1.15 bits per heavy atom. The highest BCUT2D eigenvalue weighted by Crippen LogP contribution is 2.32. The molecule has 1 N–H and O–H groups in total. The molecule has 8 nitrogen and oxygen atoms in total. The van der Waals surface area contributed by atoms with E-state index in [9.17, 15) is 13.2 Å². The van der Waals surface area contributed by atoms with Crippen LogP contribution in [0.4, 0.5) is 0 Å². The summed E-state index contributed by atoms with van der Waals surface area (Å²) in [5, 5.41) is 3.80. The molecule has 174 valence electrons. The van der Waals surface area contributed by atoms with E-state index in [0.717, 1.165) is 0 Å². The van der Waals surface area contributed by atoms with Gasteiger partial charge < -0.3 is 9.88 Å². The fraction of sp³-hybridized carbons (Fsp3) is 0.318. The second-order valence-corrected chi connectivity index (χ2v) is 10.7. The standard InChI is InChI=1S/C22H23Cl2N5O3S/c1-28-13-20(26-14-28)33(31,32)29-10-7-15(8-11-29)21(19-4-2-3-9-25-19)27-22(30)17-6-5-16(23)12-18(17)24/h2-6,9,12-15,21H,7-8,10-11H2,1H3,(H,27,30). The summed E-state index contributed by atoms with van der Waals surface area (Å²) in [6.07, 6.45) is 5.75. The van der Waals surface area contributed by atoms with E-state index >= 15 is 0 Å². The van der Waals surface area contributed by atoms with E-state index in [2.05, 4.69) is 15.3 Å². The third-order valence-corrected chi connectivity index (χ3v) is 8.06. The Hall–Kier alpha value is -2.46. The fourth-order valence-corrected chi connectivity index (χ4v) is 5.92. The summed E-state index contributed by atoms with van der Waals surface area (Å²) < 4.78 is 28.9. The lowest BCUT2D eigenvalue weighted by Gasteiger charge is -2.35. The lowest BCUT2D eigenvalue weighted by molar-refractivity contribution is 0.0906. The Morgan fingerprint density at radius 2 is 1.91 bits per heavy atom. The van der Waals surface area contributed by atoms with Gasteiger partial charge in [-0.25, -0.2) is 13.4 Å². The quantitative estimate of drug-likeness (QED) is 0.548. The molecule has 0 saturated carbocycles. The van der Waals surface area contributed by atoms with Gasteiger partial charge in [-0.05, 0) is 49.1 Å². The molecule has 1 fully saturated rings. The zero-order valence-corrected chi connectivity index (χ0v) is 20.2. The van der Waals surface area contributed by atoms with E-state index in [-0.39, 0.29) is 21.9 Å². The Balaban J connectivity index is 1.52. The van der Waals surface area contributed by atoms with Crippen molar-refractivity contribution in [3.05, 3.63) is 76.4 Å². The molecule has 1 aliphatic rings. The summed E-state index contributed by atoms with van der Waals surface area (Å²) in [6, 6.07) is 9.83. The van der Waals surface area contributed by atoms with Gasteiger partial charge in [0, 0.05) is 37.6 Å². The van der Waals surface area contributed by atoms with Gasteiger partial charge in [-0.3, -0.25) is 9.78 Å². The highest BCUT2D eigenvalue weighted by Gasteiger charge is 2.35. The number of hydrogen-bond acceptors (Lipinski definition) is 5. The van der Waals surface area contributed by atoms with Gasteiger partial charge in [0.05, 0.1) is 28.6 Å². The molecule has 0 aliphatic carbocycles. The summed E-state index contributed by atoms with van der Waals surface area (Å²) in [7, 11) is -1.93. The molecular formula is C22H23Cl2N5O3S. The van der Waals surface area contributed by atoms with Crippen molar-refractivity contribution in [3.63, 3.8) is 0 Å². The van der Waals surface area contributed by atoms with Crippen LogP contribution in [0.3, 0.4) is 0 Å². The fourth-order valence-electron chi connectivity index (χ4n) is 3.99. The number of nitrogens with zero attached hydrogens (tertiary/aromatic N) is 4. The number of sulfonamides is 1. The monoisotopic (exact) mass is 507 g/mol. The number of amides is 1. The van der Waals surface area contributed by atoms with Crippen molar-refractivity contribution < 1.29 is 13.2 Å². The van der Waals surface area contributed by atoms with E-state index in [0.29, 0.717) is 42.2 Å². The summed E-state index contributed by atoms with van der Waals surface area (Å²) >= 11 is 12.2. The van der Waals surface area contributed by atoms with Gasteiger partial charge >= 0.3 is 0 Å². The smallest absolute Gasteiger partial charge is 0.262 e. The maximum Gasteiger partial charge on any atom is 0.262 e. The number of aromatic nitrogens is 3. The van der Waals surface area contributed by atoms with Gasteiger partial charge in [0.15, 0.2) is 5.03 Å². The third-order valence-electron chi connectivity index (χ3n) is 5.72. The summed E-state index contributed by atoms with van der Waals surface area (Å²) in [5.41, 5.74) is 1.03. The second-order valence-electron chi connectivity index (χ2n) is 7.95. The van der Waals surface area contributed by atoms with Crippen molar-refractivity contribution >= 4 is 39.1 Å². The minimum Gasteiger partial charge on any atom is -0.343 e. The molecule has 0 radical (unpaired) electrons. The van der Waals surface area contributed by atoms with Crippen LogP contribution in [-0.4, -0.2) is 46.3 Å². The minimum absolute atomic E-state index is 0.00916. The maximum atomic E-state index is 13.0. The lowest BCUT2D eigenvalue weighted by atomic mass is 9.87. The van der Waals surface area contributed by atoms with Crippen LogP contribution in [0.25, 0.3) is 0 Å². The molecule has 0 bridgehead atoms. The Morgan fingerprint density at radius 3 is 2.52 bits per heavy atom. The number of halogens is 2. The molecule has 11 heteroatoms. The number of aryl methyl sites for hydroxylation is 1. The molecule has 0 spiro atoms. The van der Waals surface area contributed by atoms with Gasteiger partial charge in [-0.2, -0.15) is 4.31 Å². The number of rotatable bonds is 6. The van der Waals surface area contributed by atoms with Gasteiger partial charge in [0.1, 0.15) is 0 Å². The molecule has 3 heterocycles. The summed E-state index contributed by atoms with van der Waals surface area (Å²) in [6.45, 7) is 0.648. The first-order valence-electron chi connectivity index (χ1n) is 10.4. The van der Waals surface area contributed by atoms with E-state index < -0.39 is 16.1 Å². The number of pyridine rings is 1. The van der Waals surface area contributed by atoms with E-state index in [1.807, 2.05) is 12.1 Å². The number of imidazole rings is 1. The third kappa shape index (κ3) is 5.22. The SMILES string of the molecule is Cn1cnc(S(=O)(=O)N2CCC(C(NC(=O)c3ccc(Cl)cc3Cl)c3ccccn3)CC2)c1. The molecule has 4 rings (SSSR count). The predicted octanol–water partition coefficient (Wildman–Crippen LogP) is 3.69. The zero-order chi connectivity index (χ0) is 23.6. The minimum atomic E-state index is -3.66. The van der Waals surface area contributed by atoms with Crippen molar-refractivity contribution in [3.8, 4) is 0 Å². The maximum absolute atomic E-state index is 13.0. The van der Waals surface area contributed by atoms with Gasteiger partial charge in [0.2, 0.25) is 0 Å². The van der Waals surface area contributed by atoms with Crippen LogP contribution in [0.1, 0.15) is 34.9 Å². The summed E-state index contributed by atoms with van der Waals surface area (Å²) in [4.78, 5) is 21.5. The first-order valence-corrected chi connectivity index (χ1v) is 12.6. The van der Waals surface area contributed by atoms with Crippen LogP contribution in [0, 0.1) is 5.92 Å². The first kappa shape index (κ1) is 23.7. The van der Waals surface area contributed by atoms with Crippen molar-refractivity contribution in [2.75, 3.05) is 13.1 Å². The molecule has 1 aliphatic heterocycles. The molecule has 1 atom stereocenters. The van der Waals surface area contributed by atoms with Crippen LogP contribution >= 0.6 is 23.2 Å². The van der Waals surface area contributed by atoms with Crippen molar-refractivity contribution in [2.24, 2.45) is 13.0 Å². The van der Waals surface area contributed by atoms with Crippen LogP contribution in [-0.2, 0) is 17.1 Å². The molecule has 33 heavy (non-hydrogen) atoms. The number of piperidine rings is 1. The molecule has 1 unspecified atom stereocenters. The zero-order valence-electron chi connectivity index (χ0n) is 17.9. The van der Waals surface area contributed by atoms with Crippen LogP contribution in [0.2, 0.25) is 10.0 Å². The van der Waals surface area contributed by atoms with E-state index in [1.54, 1.807) is 36.0 Å². The highest BCUT2D eigenvalue weighted by molar-refractivity contribution is 7.89. The highest BCUT2D eigenvalue weighted by atomic mass is 35.5. The average molecular weight is 508 g/mol. The number of benzene rings is 1. The topological polar surface area (TPSA) is 97.2 Å². The number of nitrogens with one attached hydrogen (secondary N) is 1. The van der Waals surface area contributed by atoms with Crippen LogP contribution in [0.5, 0.6) is 0 Å². The molecular weight excluding hydrogens is 485 g/mol. The van der Waals surface area contributed by atoms with Gasteiger partial charge in [-0.1, -0.05) is 29.3 Å². The largest absolute Gasteiger partial charge is 0.343 e. The Kier molecular flexibility index (Phi) is 7.04.